The molecular weight excluding hydrogens is 458 g/mol. The first kappa shape index (κ1) is 22.7. The molecule has 37 heavy (non-hydrogen) atoms. The minimum atomic E-state index is -0.648. The van der Waals surface area contributed by atoms with Crippen LogP contribution in [0.3, 0.4) is 0 Å². The number of carbonyl (C=O) groups is 2. The highest BCUT2D eigenvalue weighted by atomic mass is 16.2. The van der Waals surface area contributed by atoms with Crippen molar-refractivity contribution < 1.29 is 9.59 Å². The van der Waals surface area contributed by atoms with Gasteiger partial charge in [-0.2, -0.15) is 0 Å². The Balaban J connectivity index is 1.40. The second-order valence-electron chi connectivity index (χ2n) is 9.14. The fraction of sp³-hybridized carbons (Fsp3) is 0.0938. The van der Waals surface area contributed by atoms with E-state index in [1.165, 1.54) is 4.90 Å². The second-order valence-corrected chi connectivity index (χ2v) is 9.14. The molecule has 5 heteroatoms. The molecule has 0 N–H and O–H groups in total. The van der Waals surface area contributed by atoms with Crippen LogP contribution in [-0.4, -0.2) is 32.8 Å². The fourth-order valence-electron chi connectivity index (χ4n) is 5.33. The lowest BCUT2D eigenvalue weighted by molar-refractivity contribution is 0.0656. The second kappa shape index (κ2) is 9.36. The third-order valence-electron chi connectivity index (χ3n) is 7.07. The maximum absolute atomic E-state index is 12.8. The summed E-state index contributed by atoms with van der Waals surface area (Å²) < 4.78 is 2.14. The number of nitrogens with zero attached hydrogens (tertiary/aromatic N) is 3. The molecule has 1 aromatic heterocycles. The molecule has 1 aliphatic heterocycles. The minimum Gasteiger partial charge on any atom is -0.319 e. The van der Waals surface area contributed by atoms with Gasteiger partial charge in [0.2, 0.25) is 0 Å². The number of imidazole rings is 1. The molecule has 2 amide bonds. The summed E-state index contributed by atoms with van der Waals surface area (Å²) in [5.41, 5.74) is 4.42. The Morgan fingerprint density at radius 2 is 1.03 bits per heavy atom. The van der Waals surface area contributed by atoms with Crippen LogP contribution in [0.25, 0.3) is 0 Å². The van der Waals surface area contributed by atoms with E-state index in [0.717, 1.165) is 22.4 Å². The molecular formula is C32H25N3O2. The molecule has 2 heterocycles. The topological polar surface area (TPSA) is 55.2 Å². The molecule has 0 fully saturated rings. The molecule has 6 rings (SSSR count). The lowest BCUT2D eigenvalue weighted by Gasteiger charge is -2.37. The zero-order valence-electron chi connectivity index (χ0n) is 20.2. The maximum atomic E-state index is 12.8. The number of amides is 2. The van der Waals surface area contributed by atoms with Crippen LogP contribution in [0, 0.1) is 0 Å². The third kappa shape index (κ3) is 3.76. The average Bonchev–Trinajstić information content (AvgIpc) is 3.53. The molecule has 1 aliphatic rings. The number of imide groups is 1. The van der Waals surface area contributed by atoms with Crippen LogP contribution < -0.4 is 0 Å². The molecule has 5 nitrogen and oxygen atoms in total. The van der Waals surface area contributed by atoms with E-state index in [9.17, 15) is 9.59 Å². The van der Waals surface area contributed by atoms with Crippen molar-refractivity contribution in [3.63, 3.8) is 0 Å². The largest absolute Gasteiger partial charge is 0.319 e. The molecule has 180 valence electrons. The zero-order chi connectivity index (χ0) is 25.2. The van der Waals surface area contributed by atoms with Gasteiger partial charge in [0.05, 0.1) is 23.1 Å². The first-order chi connectivity index (χ1) is 18.2. The van der Waals surface area contributed by atoms with Crippen LogP contribution in [0.5, 0.6) is 0 Å². The summed E-state index contributed by atoms with van der Waals surface area (Å²) in [6.07, 6.45) is 4.35. The van der Waals surface area contributed by atoms with Crippen molar-refractivity contribution in [3.8, 4) is 0 Å². The zero-order valence-corrected chi connectivity index (χ0v) is 20.2. The van der Waals surface area contributed by atoms with Crippen molar-refractivity contribution in [2.45, 2.75) is 12.0 Å². The standard InChI is InChI=1S/C32H25N3O2/c36-30-28-18-10-11-19-29(28)31(37)35(30)21-20-27-22-34(23-33-27)32(24-12-4-1-5-13-24,25-14-6-2-7-15-25)26-16-8-3-9-17-26/h1-19,22-23H,20-21H2. The fourth-order valence-corrected chi connectivity index (χ4v) is 5.33. The van der Waals surface area contributed by atoms with Gasteiger partial charge in [-0.1, -0.05) is 103 Å². The molecule has 0 radical (unpaired) electrons. The molecule has 0 aliphatic carbocycles. The van der Waals surface area contributed by atoms with Gasteiger partial charge in [-0.3, -0.25) is 14.5 Å². The number of rotatable bonds is 7. The van der Waals surface area contributed by atoms with Gasteiger partial charge in [-0.05, 0) is 28.8 Å². The Bertz CT molecular complexity index is 1430. The number of hydrogen-bond acceptors (Lipinski definition) is 3. The van der Waals surface area contributed by atoms with Crippen LogP contribution in [-0.2, 0) is 12.0 Å². The van der Waals surface area contributed by atoms with E-state index in [2.05, 4.69) is 77.4 Å². The summed E-state index contributed by atoms with van der Waals surface area (Å²) in [4.78, 5) is 31.7. The van der Waals surface area contributed by atoms with Crippen LogP contribution in [0.2, 0.25) is 0 Å². The summed E-state index contributed by atoms with van der Waals surface area (Å²) in [5, 5.41) is 0. The molecule has 5 aromatic rings. The number of carbonyl (C=O) groups excluding carboxylic acids is 2. The number of fused-ring (bicyclic) bond motifs is 1. The van der Waals surface area contributed by atoms with Gasteiger partial charge in [0.1, 0.15) is 5.54 Å². The highest BCUT2D eigenvalue weighted by Gasteiger charge is 2.39. The number of hydrogen-bond donors (Lipinski definition) is 0. The predicted octanol–water partition coefficient (Wildman–Crippen LogP) is 5.56. The molecule has 0 saturated heterocycles. The molecule has 0 spiro atoms. The summed E-state index contributed by atoms with van der Waals surface area (Å²) >= 11 is 0. The molecule has 0 unspecified atom stereocenters. The number of aromatic nitrogens is 2. The van der Waals surface area contributed by atoms with E-state index in [1.807, 2.05) is 30.7 Å². The summed E-state index contributed by atoms with van der Waals surface area (Å²) in [6.45, 7) is 0.276. The Hall–Kier alpha value is -4.77. The van der Waals surface area contributed by atoms with Crippen molar-refractivity contribution >= 4 is 11.8 Å². The lowest BCUT2D eigenvalue weighted by Crippen LogP contribution is -2.37. The Morgan fingerprint density at radius 3 is 1.49 bits per heavy atom. The van der Waals surface area contributed by atoms with Crippen molar-refractivity contribution in [3.05, 3.63) is 161 Å². The van der Waals surface area contributed by atoms with E-state index in [0.29, 0.717) is 17.5 Å². The van der Waals surface area contributed by atoms with E-state index in [4.69, 9.17) is 4.98 Å². The van der Waals surface area contributed by atoms with Crippen molar-refractivity contribution in [1.29, 1.82) is 0 Å². The van der Waals surface area contributed by atoms with E-state index >= 15 is 0 Å². The first-order valence-corrected chi connectivity index (χ1v) is 12.3. The van der Waals surface area contributed by atoms with E-state index < -0.39 is 5.54 Å². The highest BCUT2D eigenvalue weighted by Crippen LogP contribution is 2.40. The Labute approximate surface area is 215 Å². The van der Waals surface area contributed by atoms with Gasteiger partial charge in [0.25, 0.3) is 11.8 Å². The monoisotopic (exact) mass is 483 g/mol. The predicted molar refractivity (Wildman–Crippen MR) is 142 cm³/mol. The molecule has 0 atom stereocenters. The van der Waals surface area contributed by atoms with Gasteiger partial charge >= 0.3 is 0 Å². The van der Waals surface area contributed by atoms with Gasteiger partial charge in [0.15, 0.2) is 0 Å². The Kier molecular flexibility index (Phi) is 5.73. The summed E-state index contributed by atoms with van der Waals surface area (Å²) in [6, 6.07) is 38.2. The summed E-state index contributed by atoms with van der Waals surface area (Å²) in [7, 11) is 0. The van der Waals surface area contributed by atoms with Crippen LogP contribution in [0.4, 0.5) is 0 Å². The SMILES string of the molecule is O=C1c2ccccc2C(=O)N1CCc1cn(C(c2ccccc2)(c2ccccc2)c2ccccc2)cn1. The molecule has 0 bridgehead atoms. The van der Waals surface area contributed by atoms with E-state index in [-0.39, 0.29) is 18.4 Å². The van der Waals surface area contributed by atoms with Gasteiger partial charge < -0.3 is 4.57 Å². The maximum Gasteiger partial charge on any atom is 0.261 e. The minimum absolute atomic E-state index is 0.243. The van der Waals surface area contributed by atoms with Crippen LogP contribution in [0.1, 0.15) is 43.1 Å². The highest BCUT2D eigenvalue weighted by molar-refractivity contribution is 6.21. The van der Waals surface area contributed by atoms with Crippen molar-refractivity contribution in [2.24, 2.45) is 0 Å². The van der Waals surface area contributed by atoms with Crippen molar-refractivity contribution in [2.75, 3.05) is 6.54 Å². The van der Waals surface area contributed by atoms with Gasteiger partial charge in [-0.15, -0.1) is 0 Å². The molecule has 4 aromatic carbocycles. The van der Waals surface area contributed by atoms with Gasteiger partial charge in [-0.25, -0.2) is 4.98 Å². The Morgan fingerprint density at radius 1 is 0.595 bits per heavy atom. The normalized spacial score (nSPS) is 13.1. The molecule has 0 saturated carbocycles. The summed E-state index contributed by atoms with van der Waals surface area (Å²) in [5.74, 6) is -0.487. The average molecular weight is 484 g/mol. The van der Waals surface area contributed by atoms with E-state index in [1.54, 1.807) is 24.3 Å². The van der Waals surface area contributed by atoms with Crippen LogP contribution in [0.15, 0.2) is 128 Å². The van der Waals surface area contributed by atoms with Crippen molar-refractivity contribution in [1.82, 2.24) is 14.5 Å². The van der Waals surface area contributed by atoms with Gasteiger partial charge in [0, 0.05) is 19.2 Å². The first-order valence-electron chi connectivity index (χ1n) is 12.3. The smallest absolute Gasteiger partial charge is 0.261 e. The third-order valence-corrected chi connectivity index (χ3v) is 7.07. The van der Waals surface area contributed by atoms with Crippen LogP contribution >= 0.6 is 0 Å². The lowest BCUT2D eigenvalue weighted by atomic mass is 9.77. The quantitative estimate of drug-likeness (QED) is 0.225. The number of benzene rings is 4.